The molecule has 4 nitrogen and oxygen atoms in total. The summed E-state index contributed by atoms with van der Waals surface area (Å²) in [6.45, 7) is 3.43. The van der Waals surface area contributed by atoms with Gasteiger partial charge >= 0.3 is 5.97 Å². The minimum Gasteiger partial charge on any atom is -0.488 e. The predicted molar refractivity (Wildman–Crippen MR) is 79.6 cm³/mol. The van der Waals surface area contributed by atoms with Crippen LogP contribution in [-0.2, 0) is 0 Å². The van der Waals surface area contributed by atoms with Gasteiger partial charge in [-0.1, -0.05) is 24.3 Å². The summed E-state index contributed by atoms with van der Waals surface area (Å²) in [5, 5.41) is 9.44. The summed E-state index contributed by atoms with van der Waals surface area (Å²) in [5.41, 5.74) is 0.487. The number of aliphatic hydroxyl groups is 1. The highest BCUT2D eigenvalue weighted by atomic mass is 16.5. The van der Waals surface area contributed by atoms with Gasteiger partial charge in [-0.2, -0.15) is 0 Å². The maximum Gasteiger partial charge on any atom is 0.343 e. The quantitative estimate of drug-likeness (QED) is 0.678. The highest BCUT2D eigenvalue weighted by molar-refractivity contribution is 5.90. The Morgan fingerprint density at radius 1 is 1.00 bits per heavy atom. The van der Waals surface area contributed by atoms with Crippen molar-refractivity contribution in [2.24, 2.45) is 0 Å². The first-order chi connectivity index (χ1) is 10.1. The molecule has 0 aliphatic heterocycles. The van der Waals surface area contributed by atoms with E-state index in [-0.39, 0.29) is 6.10 Å². The second-order valence-electron chi connectivity index (χ2n) is 4.79. The van der Waals surface area contributed by atoms with E-state index in [1.54, 1.807) is 62.4 Å². The number of carbonyl (C=O) groups excluding carboxylic acids is 1. The molecule has 0 fully saturated rings. The molecule has 0 amide bonds. The van der Waals surface area contributed by atoms with Crippen molar-refractivity contribution in [3.8, 4) is 11.5 Å². The molecule has 2 aromatic carbocycles. The Labute approximate surface area is 123 Å². The first-order valence-corrected chi connectivity index (χ1v) is 6.78. The summed E-state index contributed by atoms with van der Waals surface area (Å²) < 4.78 is 10.9. The Kier molecular flexibility index (Phi) is 4.95. The molecule has 0 saturated heterocycles. The minimum absolute atomic E-state index is 0.343. The van der Waals surface area contributed by atoms with Crippen molar-refractivity contribution in [2.45, 2.75) is 26.1 Å². The summed E-state index contributed by atoms with van der Waals surface area (Å²) in [6.07, 6.45) is -0.925. The molecule has 0 aliphatic rings. The lowest BCUT2D eigenvalue weighted by Gasteiger charge is -2.17. The Hall–Kier alpha value is -2.33. The van der Waals surface area contributed by atoms with Crippen molar-refractivity contribution in [2.75, 3.05) is 0 Å². The number of aliphatic hydroxyl groups excluding tert-OH is 1. The monoisotopic (exact) mass is 286 g/mol. The molecule has 4 heteroatoms. The maximum atomic E-state index is 12.0. The zero-order valence-electron chi connectivity index (χ0n) is 12.0. The van der Waals surface area contributed by atoms with Crippen LogP contribution in [0.15, 0.2) is 54.6 Å². The van der Waals surface area contributed by atoms with Crippen molar-refractivity contribution in [3.63, 3.8) is 0 Å². The van der Waals surface area contributed by atoms with Gasteiger partial charge in [0.1, 0.15) is 17.6 Å². The normalized spacial score (nSPS) is 13.3. The van der Waals surface area contributed by atoms with E-state index in [0.717, 1.165) is 0 Å². The molecular weight excluding hydrogens is 268 g/mol. The number of benzene rings is 2. The number of hydrogen-bond donors (Lipinski definition) is 1. The Bertz CT molecular complexity index is 593. The van der Waals surface area contributed by atoms with Crippen LogP contribution in [0.1, 0.15) is 24.2 Å². The zero-order valence-corrected chi connectivity index (χ0v) is 12.0. The van der Waals surface area contributed by atoms with E-state index in [2.05, 4.69) is 0 Å². The van der Waals surface area contributed by atoms with Crippen molar-refractivity contribution < 1.29 is 19.4 Å². The lowest BCUT2D eigenvalue weighted by atomic mass is 10.2. The van der Waals surface area contributed by atoms with E-state index >= 15 is 0 Å². The third-order valence-electron chi connectivity index (χ3n) is 3.03. The van der Waals surface area contributed by atoms with Gasteiger partial charge in [0.25, 0.3) is 0 Å². The molecule has 21 heavy (non-hydrogen) atoms. The molecule has 0 aliphatic carbocycles. The summed E-state index contributed by atoms with van der Waals surface area (Å²) in [6, 6.07) is 15.6. The van der Waals surface area contributed by atoms with Crippen LogP contribution in [0.4, 0.5) is 0 Å². The summed E-state index contributed by atoms with van der Waals surface area (Å²) in [5.74, 6) is 0.525. The number of hydrogen-bond acceptors (Lipinski definition) is 4. The number of rotatable bonds is 5. The first kappa shape index (κ1) is 15.1. The van der Waals surface area contributed by atoms with Crippen molar-refractivity contribution >= 4 is 5.97 Å². The van der Waals surface area contributed by atoms with Gasteiger partial charge < -0.3 is 14.6 Å². The van der Waals surface area contributed by atoms with Gasteiger partial charge in [-0.05, 0) is 38.1 Å². The zero-order chi connectivity index (χ0) is 15.2. The van der Waals surface area contributed by atoms with Gasteiger partial charge in [0, 0.05) is 6.07 Å². The van der Waals surface area contributed by atoms with Crippen LogP contribution in [0.2, 0.25) is 0 Å². The van der Waals surface area contributed by atoms with Crippen LogP contribution in [0.25, 0.3) is 0 Å². The molecule has 2 unspecified atom stereocenters. The molecule has 0 saturated carbocycles. The molecule has 1 N–H and O–H groups in total. The van der Waals surface area contributed by atoms with Crippen LogP contribution < -0.4 is 9.47 Å². The van der Waals surface area contributed by atoms with Gasteiger partial charge in [0.15, 0.2) is 0 Å². The van der Waals surface area contributed by atoms with Crippen LogP contribution in [0.5, 0.6) is 11.5 Å². The fourth-order valence-corrected chi connectivity index (χ4v) is 1.66. The van der Waals surface area contributed by atoms with E-state index < -0.39 is 12.1 Å². The second kappa shape index (κ2) is 6.90. The lowest BCUT2D eigenvalue weighted by molar-refractivity contribution is 0.0599. The number of ether oxygens (including phenoxy) is 2. The molecule has 2 atom stereocenters. The third-order valence-corrected chi connectivity index (χ3v) is 3.03. The average molecular weight is 286 g/mol. The topological polar surface area (TPSA) is 55.8 Å². The Morgan fingerprint density at radius 2 is 1.67 bits per heavy atom. The Morgan fingerprint density at radius 3 is 2.33 bits per heavy atom. The largest absolute Gasteiger partial charge is 0.488 e. The van der Waals surface area contributed by atoms with E-state index in [1.165, 1.54) is 0 Å². The van der Waals surface area contributed by atoms with E-state index in [0.29, 0.717) is 17.1 Å². The van der Waals surface area contributed by atoms with Crippen molar-refractivity contribution in [3.05, 3.63) is 60.2 Å². The fourth-order valence-electron chi connectivity index (χ4n) is 1.66. The number of esters is 1. The van der Waals surface area contributed by atoms with E-state index in [4.69, 9.17) is 9.47 Å². The summed E-state index contributed by atoms with van der Waals surface area (Å²) in [7, 11) is 0. The first-order valence-electron chi connectivity index (χ1n) is 6.78. The molecule has 0 spiro atoms. The van der Waals surface area contributed by atoms with Gasteiger partial charge in [-0.15, -0.1) is 0 Å². The molecule has 2 aromatic rings. The second-order valence-corrected chi connectivity index (χ2v) is 4.79. The minimum atomic E-state index is -0.583. The molecule has 2 rings (SSSR count). The van der Waals surface area contributed by atoms with E-state index in [1.807, 2.05) is 6.07 Å². The summed E-state index contributed by atoms with van der Waals surface area (Å²) >= 11 is 0. The van der Waals surface area contributed by atoms with Gasteiger partial charge in [0.05, 0.1) is 11.7 Å². The number of carbonyl (C=O) groups is 1. The van der Waals surface area contributed by atoms with Crippen LogP contribution >= 0.6 is 0 Å². The van der Waals surface area contributed by atoms with Crippen LogP contribution in [0.3, 0.4) is 0 Å². The van der Waals surface area contributed by atoms with Crippen LogP contribution in [-0.4, -0.2) is 23.3 Å². The van der Waals surface area contributed by atoms with Gasteiger partial charge in [-0.25, -0.2) is 4.79 Å². The highest BCUT2D eigenvalue weighted by Gasteiger charge is 2.12. The fraction of sp³-hybridized carbons (Fsp3) is 0.235. The van der Waals surface area contributed by atoms with Crippen molar-refractivity contribution in [1.82, 2.24) is 0 Å². The third kappa shape index (κ3) is 4.33. The lowest BCUT2D eigenvalue weighted by Crippen LogP contribution is -2.25. The van der Waals surface area contributed by atoms with Crippen LogP contribution in [0, 0.1) is 0 Å². The molecule has 0 heterocycles. The van der Waals surface area contributed by atoms with Crippen molar-refractivity contribution in [1.29, 1.82) is 0 Å². The maximum absolute atomic E-state index is 12.0. The smallest absolute Gasteiger partial charge is 0.343 e. The molecule has 110 valence electrons. The van der Waals surface area contributed by atoms with E-state index in [9.17, 15) is 9.90 Å². The summed E-state index contributed by atoms with van der Waals surface area (Å²) in [4.78, 5) is 12.0. The van der Waals surface area contributed by atoms with Gasteiger partial charge in [0.2, 0.25) is 0 Å². The molecule has 0 aromatic heterocycles. The molecule has 0 bridgehead atoms. The molecule has 0 radical (unpaired) electrons. The predicted octanol–water partition coefficient (Wildman–Crippen LogP) is 3.05. The average Bonchev–Trinajstić information content (AvgIpc) is 2.48. The Balaban J connectivity index is 2.06. The molecular formula is C17H18O4. The standard InChI is InChI=1S/C17H18O4/c1-12(18)13(2)20-15-9-6-10-16(11-15)21-17(19)14-7-4-3-5-8-14/h3-13,18H,1-2H3. The highest BCUT2D eigenvalue weighted by Crippen LogP contribution is 2.22. The van der Waals surface area contributed by atoms with Gasteiger partial charge in [-0.3, -0.25) is 0 Å². The SMILES string of the molecule is CC(O)C(C)Oc1cccc(OC(=O)c2ccccc2)c1.